The van der Waals surface area contributed by atoms with Gasteiger partial charge in [0.25, 0.3) is 0 Å². The van der Waals surface area contributed by atoms with E-state index in [1.54, 1.807) is 0 Å². The number of carbonyl (C=O) groups is 1. The number of hydrogen-bond acceptors (Lipinski definition) is 3. The van der Waals surface area contributed by atoms with Crippen LogP contribution in [0.2, 0.25) is 0 Å². The molecular weight excluding hydrogens is 428 g/mol. The fourth-order valence-electron chi connectivity index (χ4n) is 5.78. The summed E-state index contributed by atoms with van der Waals surface area (Å²) in [4.78, 5) is 18.4. The van der Waals surface area contributed by atoms with Crippen molar-refractivity contribution in [3.05, 3.63) is 120 Å². The molecule has 0 saturated carbocycles. The predicted molar refractivity (Wildman–Crippen MR) is 144 cm³/mol. The lowest BCUT2D eigenvalue weighted by molar-refractivity contribution is -0.118. The summed E-state index contributed by atoms with van der Waals surface area (Å²) in [6.07, 6.45) is 1.40. The van der Waals surface area contributed by atoms with Gasteiger partial charge >= 0.3 is 0 Å². The van der Waals surface area contributed by atoms with Gasteiger partial charge in [-0.1, -0.05) is 98.8 Å². The number of anilines is 2. The Hall–Kier alpha value is -3.85. The van der Waals surface area contributed by atoms with E-state index in [4.69, 9.17) is 0 Å². The number of Topliss-reactive ketones (excluding diaryl/α,β-unsaturated/α-hetero) is 1. The number of fused-ring (bicyclic) bond motifs is 1. The lowest BCUT2D eigenvalue weighted by Gasteiger charge is -2.51. The highest BCUT2D eigenvalue weighted by Crippen LogP contribution is 2.49. The monoisotopic (exact) mass is 458 g/mol. The highest BCUT2D eigenvalue weighted by Gasteiger charge is 2.44. The van der Waals surface area contributed by atoms with Crippen molar-refractivity contribution in [1.29, 1.82) is 0 Å². The number of nitrogens with zero attached hydrogens (tertiary/aromatic N) is 2. The molecule has 3 nitrogen and oxygen atoms in total. The second-order valence-corrected chi connectivity index (χ2v) is 10.5. The molecule has 35 heavy (non-hydrogen) atoms. The molecule has 3 heteroatoms. The topological polar surface area (TPSA) is 23.6 Å². The summed E-state index contributed by atoms with van der Waals surface area (Å²) in [5, 5.41) is 2.41. The lowest BCUT2D eigenvalue weighted by Crippen LogP contribution is -2.51. The van der Waals surface area contributed by atoms with Crippen LogP contribution in [0.25, 0.3) is 10.8 Å². The standard InChI is InChI=1S/C32H30N2O/c1-32(2)20-29-27(30(35)21-32)22-33(25-16-7-4-8-17-25)31(24-13-5-3-6-14-24)34(29)28-19-11-15-23-12-9-10-18-26(23)28/h3-19,31H,20-22H2,1-2H3. The first-order chi connectivity index (χ1) is 17.0. The van der Waals surface area contributed by atoms with Crippen molar-refractivity contribution in [2.24, 2.45) is 5.41 Å². The average molecular weight is 459 g/mol. The second kappa shape index (κ2) is 8.42. The summed E-state index contributed by atoms with van der Waals surface area (Å²) in [5.74, 6) is 0.272. The van der Waals surface area contributed by atoms with Gasteiger partial charge in [0.2, 0.25) is 0 Å². The lowest BCUT2D eigenvalue weighted by atomic mass is 9.74. The maximum Gasteiger partial charge on any atom is 0.162 e. The summed E-state index contributed by atoms with van der Waals surface area (Å²) in [7, 11) is 0. The van der Waals surface area contributed by atoms with E-state index in [0.717, 1.165) is 23.4 Å². The highest BCUT2D eigenvalue weighted by molar-refractivity contribution is 6.02. The van der Waals surface area contributed by atoms with E-state index in [2.05, 4.69) is 121 Å². The average Bonchev–Trinajstić information content (AvgIpc) is 2.88. The first kappa shape index (κ1) is 21.7. The molecule has 1 heterocycles. The van der Waals surface area contributed by atoms with Crippen LogP contribution >= 0.6 is 0 Å². The zero-order valence-corrected chi connectivity index (χ0v) is 20.3. The summed E-state index contributed by atoms with van der Waals surface area (Å²) >= 11 is 0. The molecule has 0 spiro atoms. The molecule has 174 valence electrons. The van der Waals surface area contributed by atoms with Gasteiger partial charge in [-0.3, -0.25) is 4.79 Å². The normalized spacial score (nSPS) is 19.7. The Morgan fingerprint density at radius 2 is 1.40 bits per heavy atom. The van der Waals surface area contributed by atoms with E-state index >= 15 is 0 Å². The fraction of sp³-hybridized carbons (Fsp3) is 0.219. The Morgan fingerprint density at radius 1 is 0.743 bits per heavy atom. The van der Waals surface area contributed by atoms with E-state index in [9.17, 15) is 4.79 Å². The third kappa shape index (κ3) is 3.81. The first-order valence-corrected chi connectivity index (χ1v) is 12.4. The zero-order valence-electron chi connectivity index (χ0n) is 20.3. The number of rotatable bonds is 3. The summed E-state index contributed by atoms with van der Waals surface area (Å²) in [5.41, 5.74) is 5.53. The van der Waals surface area contributed by atoms with Gasteiger partial charge in [0.15, 0.2) is 5.78 Å². The molecule has 1 aliphatic carbocycles. The number of allylic oxidation sites excluding steroid dienone is 1. The minimum absolute atomic E-state index is 0.0649. The van der Waals surface area contributed by atoms with Crippen molar-refractivity contribution in [3.8, 4) is 0 Å². The molecule has 2 aliphatic rings. The largest absolute Gasteiger partial charge is 0.342 e. The molecule has 0 fully saturated rings. The number of carbonyl (C=O) groups excluding carboxylic acids is 1. The van der Waals surface area contributed by atoms with Crippen molar-refractivity contribution >= 4 is 27.9 Å². The molecule has 6 rings (SSSR count). The summed E-state index contributed by atoms with van der Waals surface area (Å²) in [6, 6.07) is 36.3. The minimum atomic E-state index is -0.0745. The third-order valence-electron chi connectivity index (χ3n) is 7.34. The predicted octanol–water partition coefficient (Wildman–Crippen LogP) is 7.51. The SMILES string of the molecule is CC1(C)CC(=O)C2=C(C1)N(c1cccc3ccccc13)C(c1ccccc1)N(c1ccccc1)C2. The second-order valence-electron chi connectivity index (χ2n) is 10.5. The number of ketones is 1. The molecule has 4 aromatic carbocycles. The number of benzene rings is 4. The van der Waals surface area contributed by atoms with Gasteiger partial charge in [-0.05, 0) is 41.0 Å². The van der Waals surface area contributed by atoms with Crippen LogP contribution in [-0.4, -0.2) is 12.3 Å². The van der Waals surface area contributed by atoms with Gasteiger partial charge < -0.3 is 9.80 Å². The maximum atomic E-state index is 13.6. The fourth-order valence-corrected chi connectivity index (χ4v) is 5.78. The van der Waals surface area contributed by atoms with Crippen LogP contribution in [0.3, 0.4) is 0 Å². The molecule has 0 amide bonds. The van der Waals surface area contributed by atoms with Gasteiger partial charge in [-0.2, -0.15) is 0 Å². The number of hydrogen-bond donors (Lipinski definition) is 0. The molecule has 0 saturated heterocycles. The molecular formula is C32H30N2O. The molecule has 0 N–H and O–H groups in total. The van der Waals surface area contributed by atoms with Crippen molar-refractivity contribution in [1.82, 2.24) is 0 Å². The maximum absolute atomic E-state index is 13.6. The van der Waals surface area contributed by atoms with E-state index in [-0.39, 0.29) is 17.4 Å². The van der Waals surface area contributed by atoms with Crippen LogP contribution < -0.4 is 9.80 Å². The van der Waals surface area contributed by atoms with Gasteiger partial charge in [0, 0.05) is 28.8 Å². The van der Waals surface area contributed by atoms with Crippen molar-refractivity contribution in [2.45, 2.75) is 32.9 Å². The molecule has 0 radical (unpaired) electrons. The molecule has 0 bridgehead atoms. The highest BCUT2D eigenvalue weighted by atomic mass is 16.1. The smallest absolute Gasteiger partial charge is 0.162 e. The summed E-state index contributed by atoms with van der Waals surface area (Å²) < 4.78 is 0. The van der Waals surface area contributed by atoms with Crippen molar-refractivity contribution in [2.75, 3.05) is 16.3 Å². The molecule has 4 aromatic rings. The Kier molecular flexibility index (Phi) is 5.21. The van der Waals surface area contributed by atoms with E-state index < -0.39 is 0 Å². The Balaban J connectivity index is 1.66. The molecule has 1 unspecified atom stereocenters. The van der Waals surface area contributed by atoms with Gasteiger partial charge in [-0.25, -0.2) is 0 Å². The Morgan fingerprint density at radius 3 is 2.17 bits per heavy atom. The number of para-hydroxylation sites is 1. The van der Waals surface area contributed by atoms with Crippen LogP contribution in [-0.2, 0) is 4.79 Å². The quantitative estimate of drug-likeness (QED) is 0.317. The van der Waals surface area contributed by atoms with Crippen molar-refractivity contribution in [3.63, 3.8) is 0 Å². The molecule has 1 aliphatic heterocycles. The summed E-state index contributed by atoms with van der Waals surface area (Å²) in [6.45, 7) is 5.06. The zero-order chi connectivity index (χ0) is 24.0. The van der Waals surface area contributed by atoms with E-state index in [1.807, 2.05) is 6.07 Å². The van der Waals surface area contributed by atoms with Gasteiger partial charge in [0.05, 0.1) is 12.2 Å². The van der Waals surface area contributed by atoms with Gasteiger partial charge in [0.1, 0.15) is 6.17 Å². The van der Waals surface area contributed by atoms with Crippen molar-refractivity contribution < 1.29 is 4.79 Å². The first-order valence-electron chi connectivity index (χ1n) is 12.4. The van der Waals surface area contributed by atoms with E-state index in [0.29, 0.717) is 13.0 Å². The minimum Gasteiger partial charge on any atom is -0.342 e. The Bertz CT molecular complexity index is 1420. The third-order valence-corrected chi connectivity index (χ3v) is 7.34. The van der Waals surface area contributed by atoms with Crippen LogP contribution in [0.4, 0.5) is 11.4 Å². The Labute approximate surface area is 207 Å². The van der Waals surface area contributed by atoms with Crippen LogP contribution in [0.5, 0.6) is 0 Å². The van der Waals surface area contributed by atoms with E-state index in [1.165, 1.54) is 22.0 Å². The van der Waals surface area contributed by atoms with Crippen LogP contribution in [0.1, 0.15) is 38.4 Å². The molecule has 1 atom stereocenters. The van der Waals surface area contributed by atoms with Crippen LogP contribution in [0.15, 0.2) is 114 Å². The molecule has 0 aromatic heterocycles. The van der Waals surface area contributed by atoms with Gasteiger partial charge in [-0.15, -0.1) is 0 Å². The van der Waals surface area contributed by atoms with Crippen LogP contribution in [0, 0.1) is 5.41 Å².